The Morgan fingerprint density at radius 3 is 0.900 bits per heavy atom. The molecule has 0 aromatic rings. The van der Waals surface area contributed by atoms with Gasteiger partial charge < -0.3 is 10.2 Å². The standard InChI is InChI=1S/2C18H32O2/c2*1-2-3-4-5-6-7-8-9-10-11-12-13-14-15-16-17-18(19)20/h2*14-17H,2-13H2,1H3,(H,19,20)/b2*15-14+,17-16+. The van der Waals surface area contributed by atoms with Crippen molar-refractivity contribution in [2.75, 3.05) is 0 Å². The molecule has 0 atom stereocenters. The lowest BCUT2D eigenvalue weighted by atomic mass is 10.1. The van der Waals surface area contributed by atoms with E-state index in [2.05, 4.69) is 13.8 Å². The Balaban J connectivity index is 0. The fourth-order valence-corrected chi connectivity index (χ4v) is 4.48. The first-order valence-corrected chi connectivity index (χ1v) is 16.7. The van der Waals surface area contributed by atoms with Gasteiger partial charge in [-0.15, -0.1) is 0 Å². The Morgan fingerprint density at radius 1 is 0.400 bits per heavy atom. The molecule has 0 saturated carbocycles. The van der Waals surface area contributed by atoms with Gasteiger partial charge in [-0.2, -0.15) is 0 Å². The van der Waals surface area contributed by atoms with E-state index < -0.39 is 11.9 Å². The molecule has 0 rings (SSSR count). The van der Waals surface area contributed by atoms with E-state index in [9.17, 15) is 9.59 Å². The van der Waals surface area contributed by atoms with E-state index in [0.29, 0.717) is 0 Å². The quantitative estimate of drug-likeness (QED) is 0.0567. The van der Waals surface area contributed by atoms with E-state index in [1.807, 2.05) is 24.3 Å². The summed E-state index contributed by atoms with van der Waals surface area (Å²) in [6.45, 7) is 4.52. The number of carbonyl (C=O) groups is 2. The molecule has 0 bridgehead atoms. The number of carboxylic acid groups (broad SMARTS) is 2. The normalized spacial score (nSPS) is 11.7. The van der Waals surface area contributed by atoms with E-state index >= 15 is 0 Å². The van der Waals surface area contributed by atoms with E-state index in [1.165, 1.54) is 141 Å². The molecule has 2 N–H and O–H groups in total. The Kier molecular flexibility index (Phi) is 36.9. The molecule has 0 aliphatic rings. The van der Waals surface area contributed by atoms with E-state index in [0.717, 1.165) is 25.0 Å². The fraction of sp³-hybridized carbons (Fsp3) is 0.722. The van der Waals surface area contributed by atoms with Crippen LogP contribution in [0.4, 0.5) is 0 Å². The van der Waals surface area contributed by atoms with Crippen LogP contribution in [-0.4, -0.2) is 22.2 Å². The van der Waals surface area contributed by atoms with E-state index in [4.69, 9.17) is 10.2 Å². The predicted molar refractivity (Wildman–Crippen MR) is 174 cm³/mol. The SMILES string of the molecule is CCCCCCCCCCCCC/C=C/C=C/C(=O)O.CCCCCCCCCCCCC/C=C/C=C/C(=O)O. The number of unbranched alkanes of at least 4 members (excludes halogenated alkanes) is 22. The Hall–Kier alpha value is -2.10. The topological polar surface area (TPSA) is 74.6 Å². The van der Waals surface area contributed by atoms with Gasteiger partial charge in [0.25, 0.3) is 0 Å². The summed E-state index contributed by atoms with van der Waals surface area (Å²) in [5, 5.41) is 16.8. The van der Waals surface area contributed by atoms with Crippen molar-refractivity contribution in [3.8, 4) is 0 Å². The average molecular weight is 561 g/mol. The largest absolute Gasteiger partial charge is 0.478 e. The molecule has 4 nitrogen and oxygen atoms in total. The molecule has 0 heterocycles. The van der Waals surface area contributed by atoms with Crippen LogP contribution in [0.5, 0.6) is 0 Å². The molecule has 0 spiro atoms. The minimum Gasteiger partial charge on any atom is -0.478 e. The second kappa shape index (κ2) is 36.9. The summed E-state index contributed by atoms with van der Waals surface area (Å²) in [6.07, 6.45) is 45.4. The van der Waals surface area contributed by atoms with Gasteiger partial charge in [0.1, 0.15) is 0 Å². The molecule has 0 fully saturated rings. The van der Waals surface area contributed by atoms with Gasteiger partial charge in [-0.25, -0.2) is 9.59 Å². The highest BCUT2D eigenvalue weighted by Crippen LogP contribution is 2.13. The van der Waals surface area contributed by atoms with Gasteiger partial charge in [-0.1, -0.05) is 179 Å². The first kappa shape index (κ1) is 40.0. The van der Waals surface area contributed by atoms with Crippen molar-refractivity contribution in [2.45, 2.75) is 168 Å². The van der Waals surface area contributed by atoms with Crippen molar-refractivity contribution < 1.29 is 19.8 Å². The Morgan fingerprint density at radius 2 is 0.650 bits per heavy atom. The summed E-state index contributed by atoms with van der Waals surface area (Å²) in [5.74, 6) is -1.77. The van der Waals surface area contributed by atoms with Crippen LogP contribution in [0.2, 0.25) is 0 Å². The predicted octanol–water partition coefficient (Wildman–Crippen LogP) is 11.8. The number of hydrogen-bond acceptors (Lipinski definition) is 2. The average Bonchev–Trinajstić information content (AvgIpc) is 2.93. The molecular weight excluding hydrogens is 496 g/mol. The zero-order valence-electron chi connectivity index (χ0n) is 26.3. The van der Waals surface area contributed by atoms with Crippen molar-refractivity contribution in [1.29, 1.82) is 0 Å². The fourth-order valence-electron chi connectivity index (χ4n) is 4.48. The second-order valence-electron chi connectivity index (χ2n) is 10.9. The van der Waals surface area contributed by atoms with Crippen molar-refractivity contribution in [1.82, 2.24) is 0 Å². The van der Waals surface area contributed by atoms with Gasteiger partial charge in [-0.05, 0) is 25.7 Å². The van der Waals surface area contributed by atoms with Gasteiger partial charge in [0.15, 0.2) is 0 Å². The van der Waals surface area contributed by atoms with Crippen LogP contribution in [0.25, 0.3) is 0 Å². The first-order chi connectivity index (χ1) is 19.5. The first-order valence-electron chi connectivity index (χ1n) is 16.7. The molecule has 232 valence electrons. The van der Waals surface area contributed by atoms with Crippen molar-refractivity contribution in [2.24, 2.45) is 0 Å². The van der Waals surface area contributed by atoms with Crippen molar-refractivity contribution in [3.05, 3.63) is 48.6 Å². The highest BCUT2D eigenvalue weighted by molar-refractivity contribution is 5.80. The van der Waals surface area contributed by atoms with Crippen LogP contribution < -0.4 is 0 Å². The van der Waals surface area contributed by atoms with Gasteiger partial charge >= 0.3 is 11.9 Å². The summed E-state index contributed by atoms with van der Waals surface area (Å²) >= 11 is 0. The minimum absolute atomic E-state index is 0.885. The lowest BCUT2D eigenvalue weighted by molar-refractivity contribution is -0.132. The second-order valence-corrected chi connectivity index (χ2v) is 10.9. The third kappa shape index (κ3) is 43.0. The smallest absolute Gasteiger partial charge is 0.328 e. The van der Waals surface area contributed by atoms with Gasteiger partial charge in [0.05, 0.1) is 0 Å². The van der Waals surface area contributed by atoms with E-state index in [1.54, 1.807) is 12.2 Å². The maximum Gasteiger partial charge on any atom is 0.328 e. The number of rotatable bonds is 28. The lowest BCUT2D eigenvalue weighted by Gasteiger charge is -2.01. The maximum absolute atomic E-state index is 10.2. The molecule has 0 aliphatic heterocycles. The molecule has 0 aromatic heterocycles. The maximum atomic E-state index is 10.2. The summed E-state index contributed by atoms with van der Waals surface area (Å²) in [4.78, 5) is 20.4. The third-order valence-electron chi connectivity index (χ3n) is 6.92. The van der Waals surface area contributed by atoms with Crippen molar-refractivity contribution in [3.63, 3.8) is 0 Å². The monoisotopic (exact) mass is 560 g/mol. The molecule has 0 amide bonds. The van der Waals surface area contributed by atoms with Gasteiger partial charge in [0.2, 0.25) is 0 Å². The number of hydrogen-bond donors (Lipinski definition) is 2. The number of allylic oxidation sites excluding steroid dienone is 6. The minimum atomic E-state index is -0.885. The Labute approximate surface area is 248 Å². The molecule has 40 heavy (non-hydrogen) atoms. The van der Waals surface area contributed by atoms with Gasteiger partial charge in [-0.3, -0.25) is 0 Å². The molecule has 4 heteroatoms. The zero-order chi connectivity index (χ0) is 29.8. The van der Waals surface area contributed by atoms with Crippen LogP contribution in [-0.2, 0) is 9.59 Å². The van der Waals surface area contributed by atoms with Crippen LogP contribution in [0.3, 0.4) is 0 Å². The summed E-state index contributed by atoms with van der Waals surface area (Å²) in [5.41, 5.74) is 0. The highest BCUT2D eigenvalue weighted by atomic mass is 16.4. The lowest BCUT2D eigenvalue weighted by Crippen LogP contribution is -1.84. The van der Waals surface area contributed by atoms with E-state index in [-0.39, 0.29) is 0 Å². The third-order valence-corrected chi connectivity index (χ3v) is 6.92. The summed E-state index contributed by atoms with van der Waals surface area (Å²) in [6, 6.07) is 0. The number of aliphatic carboxylic acids is 2. The van der Waals surface area contributed by atoms with Crippen LogP contribution in [0.1, 0.15) is 168 Å². The molecule has 0 unspecified atom stereocenters. The van der Waals surface area contributed by atoms with Crippen molar-refractivity contribution >= 4 is 11.9 Å². The zero-order valence-corrected chi connectivity index (χ0v) is 26.3. The van der Waals surface area contributed by atoms with Gasteiger partial charge in [0, 0.05) is 12.2 Å². The molecule has 0 aliphatic carbocycles. The molecule has 0 radical (unpaired) electrons. The summed E-state index contributed by atoms with van der Waals surface area (Å²) < 4.78 is 0. The molecular formula is C36H64O4. The highest BCUT2D eigenvalue weighted by Gasteiger charge is 1.93. The Bertz CT molecular complexity index is 589. The molecule has 0 aromatic carbocycles. The number of carboxylic acids is 2. The summed E-state index contributed by atoms with van der Waals surface area (Å²) in [7, 11) is 0. The van der Waals surface area contributed by atoms with Crippen LogP contribution in [0, 0.1) is 0 Å². The van der Waals surface area contributed by atoms with Crippen LogP contribution in [0.15, 0.2) is 48.6 Å². The van der Waals surface area contributed by atoms with Crippen LogP contribution >= 0.6 is 0 Å². The molecule has 0 saturated heterocycles.